The first kappa shape index (κ1) is 23.8. The van der Waals surface area contributed by atoms with Crippen molar-refractivity contribution in [1.82, 2.24) is 14.3 Å². The van der Waals surface area contributed by atoms with Gasteiger partial charge in [-0.05, 0) is 62.3 Å². The Kier molecular flexibility index (Phi) is 7.02. The van der Waals surface area contributed by atoms with E-state index >= 15 is 0 Å². The number of rotatable bonds is 6. The molecule has 2 aliphatic rings. The molecule has 2 saturated heterocycles. The van der Waals surface area contributed by atoms with E-state index in [1.807, 2.05) is 37.3 Å². The number of aryl methyl sites for hydroxylation is 2. The molecule has 2 fully saturated rings. The summed E-state index contributed by atoms with van der Waals surface area (Å²) >= 11 is 6.81. The van der Waals surface area contributed by atoms with Gasteiger partial charge in [0.1, 0.15) is 15.8 Å². The highest BCUT2D eigenvalue weighted by Gasteiger charge is 2.32. The summed E-state index contributed by atoms with van der Waals surface area (Å²) in [6.45, 7) is 4.23. The van der Waals surface area contributed by atoms with Crippen molar-refractivity contribution in [3.8, 4) is 0 Å². The number of thiocarbonyl (C=S) groups is 1. The SMILES string of the molecule is Cc1cccn2c(=O)c(C=C3SC(=S)N(CCCc4ccccc4)C3=O)c(N3CCCCC3)nc12. The third kappa shape index (κ3) is 4.90. The first-order valence-electron chi connectivity index (χ1n) is 12.1. The molecule has 0 spiro atoms. The Hall–Kier alpha value is -2.97. The van der Waals surface area contributed by atoms with E-state index in [4.69, 9.17) is 17.2 Å². The van der Waals surface area contributed by atoms with Crippen LogP contribution in [0, 0.1) is 6.92 Å². The Labute approximate surface area is 214 Å². The third-order valence-corrected chi connectivity index (χ3v) is 7.94. The fraction of sp³-hybridized carbons (Fsp3) is 0.333. The van der Waals surface area contributed by atoms with Crippen molar-refractivity contribution in [2.24, 2.45) is 0 Å². The van der Waals surface area contributed by atoms with E-state index in [9.17, 15) is 9.59 Å². The van der Waals surface area contributed by atoms with Crippen LogP contribution in [0.15, 0.2) is 58.4 Å². The third-order valence-electron chi connectivity index (χ3n) is 6.56. The number of carbonyl (C=O) groups is 1. The van der Waals surface area contributed by atoms with Gasteiger partial charge in [-0.3, -0.25) is 18.9 Å². The normalized spacial score (nSPS) is 17.7. The first-order chi connectivity index (χ1) is 17.0. The quantitative estimate of drug-likeness (QED) is 0.354. The summed E-state index contributed by atoms with van der Waals surface area (Å²) in [5.41, 5.74) is 3.14. The number of aromatic nitrogens is 2. The van der Waals surface area contributed by atoms with Crippen LogP contribution < -0.4 is 10.5 Å². The van der Waals surface area contributed by atoms with Crippen LogP contribution in [-0.2, 0) is 11.2 Å². The van der Waals surface area contributed by atoms with Gasteiger partial charge in [-0.2, -0.15) is 0 Å². The van der Waals surface area contributed by atoms with Crippen molar-refractivity contribution in [2.45, 2.75) is 39.0 Å². The molecule has 35 heavy (non-hydrogen) atoms. The Balaban J connectivity index is 1.46. The van der Waals surface area contributed by atoms with Gasteiger partial charge in [-0.15, -0.1) is 0 Å². The second kappa shape index (κ2) is 10.3. The molecule has 0 N–H and O–H groups in total. The lowest BCUT2D eigenvalue weighted by molar-refractivity contribution is -0.122. The Morgan fingerprint density at radius 1 is 1.06 bits per heavy atom. The Morgan fingerprint density at radius 2 is 1.83 bits per heavy atom. The molecular formula is C27H28N4O2S2. The zero-order valence-corrected chi connectivity index (χ0v) is 21.4. The van der Waals surface area contributed by atoms with Gasteiger partial charge in [-0.1, -0.05) is 60.4 Å². The average molecular weight is 505 g/mol. The fourth-order valence-corrected chi connectivity index (χ4v) is 5.97. The number of pyridine rings is 1. The molecule has 8 heteroatoms. The van der Waals surface area contributed by atoms with Crippen LogP contribution >= 0.6 is 24.0 Å². The second-order valence-electron chi connectivity index (χ2n) is 9.01. The molecule has 0 saturated carbocycles. The number of fused-ring (bicyclic) bond motifs is 1. The number of benzene rings is 1. The standard InChI is InChI=1S/C27H28N4O2S2/c1-19-10-8-16-30-23(19)28-24(29-14-6-3-7-15-29)21(25(30)32)18-22-26(33)31(27(34)35-22)17-9-13-20-11-4-2-5-12-20/h2,4-5,8,10-12,16,18H,3,6-7,9,13-15,17H2,1H3. The van der Waals surface area contributed by atoms with Gasteiger partial charge in [0.15, 0.2) is 0 Å². The molecule has 2 aliphatic heterocycles. The molecule has 6 nitrogen and oxygen atoms in total. The van der Waals surface area contributed by atoms with Crippen LogP contribution in [0.5, 0.6) is 0 Å². The van der Waals surface area contributed by atoms with Crippen molar-refractivity contribution in [3.05, 3.63) is 80.6 Å². The van der Waals surface area contributed by atoms with Gasteiger partial charge in [0.2, 0.25) is 0 Å². The van der Waals surface area contributed by atoms with Gasteiger partial charge in [0, 0.05) is 25.8 Å². The van der Waals surface area contributed by atoms with E-state index in [0.29, 0.717) is 32.8 Å². The van der Waals surface area contributed by atoms with E-state index in [0.717, 1.165) is 44.3 Å². The summed E-state index contributed by atoms with van der Waals surface area (Å²) < 4.78 is 2.12. The minimum atomic E-state index is -0.159. The van der Waals surface area contributed by atoms with E-state index in [1.165, 1.54) is 23.7 Å². The van der Waals surface area contributed by atoms with Crippen LogP contribution in [0.2, 0.25) is 0 Å². The van der Waals surface area contributed by atoms with Crippen LogP contribution in [0.3, 0.4) is 0 Å². The molecule has 0 aliphatic carbocycles. The molecule has 2 aromatic heterocycles. The van der Waals surface area contributed by atoms with Gasteiger partial charge in [0.25, 0.3) is 11.5 Å². The maximum Gasteiger partial charge on any atom is 0.267 e. The molecule has 0 radical (unpaired) electrons. The minimum Gasteiger partial charge on any atom is -0.356 e. The molecule has 180 valence electrons. The van der Waals surface area contributed by atoms with Crippen LogP contribution in [0.4, 0.5) is 5.82 Å². The molecular weight excluding hydrogens is 476 g/mol. The van der Waals surface area contributed by atoms with Gasteiger partial charge >= 0.3 is 0 Å². The highest BCUT2D eigenvalue weighted by molar-refractivity contribution is 8.26. The van der Waals surface area contributed by atoms with E-state index < -0.39 is 0 Å². The number of hydrogen-bond donors (Lipinski definition) is 0. The van der Waals surface area contributed by atoms with Crippen molar-refractivity contribution >= 4 is 51.7 Å². The lowest BCUT2D eigenvalue weighted by Gasteiger charge is -2.29. The summed E-state index contributed by atoms with van der Waals surface area (Å²) in [5, 5.41) is 0. The lowest BCUT2D eigenvalue weighted by atomic mass is 10.1. The average Bonchev–Trinajstić information content (AvgIpc) is 3.14. The maximum absolute atomic E-state index is 13.6. The van der Waals surface area contributed by atoms with Crippen molar-refractivity contribution in [1.29, 1.82) is 0 Å². The summed E-state index contributed by atoms with van der Waals surface area (Å²) in [4.78, 5) is 36.2. The van der Waals surface area contributed by atoms with Crippen molar-refractivity contribution in [3.63, 3.8) is 0 Å². The summed E-state index contributed by atoms with van der Waals surface area (Å²) in [7, 11) is 0. The van der Waals surface area contributed by atoms with Gasteiger partial charge < -0.3 is 4.90 Å². The first-order valence-corrected chi connectivity index (χ1v) is 13.3. The molecule has 1 amide bonds. The summed E-state index contributed by atoms with van der Waals surface area (Å²) in [6.07, 6.45) is 8.47. The van der Waals surface area contributed by atoms with Crippen LogP contribution in [0.25, 0.3) is 11.7 Å². The molecule has 4 heterocycles. The number of amides is 1. The molecule has 3 aromatic rings. The number of anilines is 1. The Morgan fingerprint density at radius 3 is 2.60 bits per heavy atom. The highest BCUT2D eigenvalue weighted by Crippen LogP contribution is 2.34. The number of carbonyl (C=O) groups excluding carboxylic acids is 1. The molecule has 5 rings (SSSR count). The van der Waals surface area contributed by atoms with Crippen LogP contribution in [0.1, 0.15) is 42.4 Å². The number of piperidine rings is 1. The van der Waals surface area contributed by atoms with E-state index in [1.54, 1.807) is 21.6 Å². The Bertz CT molecular complexity index is 1360. The lowest BCUT2D eigenvalue weighted by Crippen LogP contribution is -2.34. The van der Waals surface area contributed by atoms with E-state index in [2.05, 4.69) is 17.0 Å². The zero-order valence-electron chi connectivity index (χ0n) is 19.8. The summed E-state index contributed by atoms with van der Waals surface area (Å²) in [5.74, 6) is 0.532. The predicted molar refractivity (Wildman–Crippen MR) is 147 cm³/mol. The van der Waals surface area contributed by atoms with Crippen LogP contribution in [-0.4, -0.2) is 44.1 Å². The number of hydrogen-bond acceptors (Lipinski definition) is 6. The van der Waals surface area contributed by atoms with Gasteiger partial charge in [-0.25, -0.2) is 4.98 Å². The van der Waals surface area contributed by atoms with Gasteiger partial charge in [0.05, 0.1) is 10.5 Å². The molecule has 0 atom stereocenters. The zero-order chi connectivity index (χ0) is 24.4. The maximum atomic E-state index is 13.6. The highest BCUT2D eigenvalue weighted by atomic mass is 32.2. The smallest absolute Gasteiger partial charge is 0.267 e. The van der Waals surface area contributed by atoms with Crippen molar-refractivity contribution < 1.29 is 4.79 Å². The molecule has 0 unspecified atom stereocenters. The monoisotopic (exact) mass is 504 g/mol. The molecule has 0 bridgehead atoms. The topological polar surface area (TPSA) is 57.9 Å². The number of thioether (sulfide) groups is 1. The van der Waals surface area contributed by atoms with E-state index in [-0.39, 0.29) is 11.5 Å². The predicted octanol–water partition coefficient (Wildman–Crippen LogP) is 4.83. The largest absolute Gasteiger partial charge is 0.356 e. The molecule has 1 aromatic carbocycles. The minimum absolute atomic E-state index is 0.133. The van der Waals surface area contributed by atoms with Crippen molar-refractivity contribution in [2.75, 3.05) is 24.5 Å². The number of nitrogens with zero attached hydrogens (tertiary/aromatic N) is 4. The second-order valence-corrected chi connectivity index (χ2v) is 10.7. The summed E-state index contributed by atoms with van der Waals surface area (Å²) in [6, 6.07) is 14.0. The fourth-order valence-electron chi connectivity index (χ4n) is 4.68.